The van der Waals surface area contributed by atoms with E-state index in [-0.39, 0.29) is 5.91 Å². The summed E-state index contributed by atoms with van der Waals surface area (Å²) in [4.78, 5) is 11.8. The van der Waals surface area contributed by atoms with E-state index in [0.29, 0.717) is 6.42 Å². The number of aryl methyl sites for hydroxylation is 2. The Balaban J connectivity index is 2.21. The van der Waals surface area contributed by atoms with E-state index in [1.807, 2.05) is 12.1 Å². The second kappa shape index (κ2) is 8.73. The zero-order chi connectivity index (χ0) is 14.1. The molecule has 0 bridgehead atoms. The van der Waals surface area contributed by atoms with Gasteiger partial charge < -0.3 is 5.32 Å². The summed E-state index contributed by atoms with van der Waals surface area (Å²) in [6, 6.07) is 6.06. The SMILES string of the molecule is CCCCCCCCC(=O)Nc1ccc(C)c(C)c1. The molecule has 19 heavy (non-hydrogen) atoms. The molecule has 0 heterocycles. The van der Waals surface area contributed by atoms with Crippen LogP contribution in [-0.4, -0.2) is 5.91 Å². The summed E-state index contributed by atoms with van der Waals surface area (Å²) >= 11 is 0. The number of rotatable bonds is 8. The first-order valence-corrected chi connectivity index (χ1v) is 7.50. The molecule has 1 rings (SSSR count). The Hall–Kier alpha value is -1.31. The van der Waals surface area contributed by atoms with E-state index >= 15 is 0 Å². The van der Waals surface area contributed by atoms with Gasteiger partial charge in [-0.15, -0.1) is 0 Å². The summed E-state index contributed by atoms with van der Waals surface area (Å²) in [5.41, 5.74) is 3.39. The molecule has 1 aromatic carbocycles. The molecular weight excluding hydrogens is 234 g/mol. The molecule has 0 saturated heterocycles. The van der Waals surface area contributed by atoms with Gasteiger partial charge in [-0.05, 0) is 43.5 Å². The lowest BCUT2D eigenvalue weighted by molar-refractivity contribution is -0.116. The number of anilines is 1. The molecular formula is C17H27NO. The molecule has 0 fully saturated rings. The molecule has 0 saturated carbocycles. The summed E-state index contributed by atoms with van der Waals surface area (Å²) < 4.78 is 0. The number of unbranched alkanes of at least 4 members (excludes halogenated alkanes) is 5. The first-order valence-electron chi connectivity index (χ1n) is 7.50. The Morgan fingerprint density at radius 2 is 1.68 bits per heavy atom. The van der Waals surface area contributed by atoms with Crippen molar-refractivity contribution in [2.45, 2.75) is 65.7 Å². The summed E-state index contributed by atoms with van der Waals surface area (Å²) in [6.45, 7) is 6.37. The normalized spacial score (nSPS) is 10.5. The van der Waals surface area contributed by atoms with Crippen molar-refractivity contribution in [3.63, 3.8) is 0 Å². The second-order valence-electron chi connectivity index (χ2n) is 5.36. The monoisotopic (exact) mass is 261 g/mol. The Morgan fingerprint density at radius 3 is 2.37 bits per heavy atom. The molecule has 0 radical (unpaired) electrons. The first kappa shape index (κ1) is 15.7. The number of hydrogen-bond acceptors (Lipinski definition) is 1. The molecule has 1 aromatic rings. The molecule has 0 aromatic heterocycles. The summed E-state index contributed by atoms with van der Waals surface area (Å²) in [5, 5.41) is 2.97. The third-order valence-electron chi connectivity index (χ3n) is 3.55. The minimum absolute atomic E-state index is 0.138. The fourth-order valence-electron chi connectivity index (χ4n) is 2.11. The van der Waals surface area contributed by atoms with Crippen LogP contribution in [0.2, 0.25) is 0 Å². The predicted octanol–water partition coefficient (Wildman–Crippen LogP) is 4.99. The maximum atomic E-state index is 11.8. The number of amides is 1. The van der Waals surface area contributed by atoms with Crippen LogP contribution in [-0.2, 0) is 4.79 Å². The maximum absolute atomic E-state index is 11.8. The standard InChI is InChI=1S/C17H27NO/c1-4-5-6-7-8-9-10-17(19)18-16-12-11-14(2)15(3)13-16/h11-13H,4-10H2,1-3H3,(H,18,19). The van der Waals surface area contributed by atoms with Crippen LogP contribution in [0.25, 0.3) is 0 Å². The van der Waals surface area contributed by atoms with Gasteiger partial charge in [-0.3, -0.25) is 4.79 Å². The van der Waals surface area contributed by atoms with Gasteiger partial charge >= 0.3 is 0 Å². The lowest BCUT2D eigenvalue weighted by atomic mass is 10.1. The van der Waals surface area contributed by atoms with E-state index in [0.717, 1.165) is 12.1 Å². The Labute approximate surface area is 117 Å². The van der Waals surface area contributed by atoms with Crippen molar-refractivity contribution in [3.05, 3.63) is 29.3 Å². The highest BCUT2D eigenvalue weighted by molar-refractivity contribution is 5.90. The quantitative estimate of drug-likeness (QED) is 0.656. The lowest BCUT2D eigenvalue weighted by Gasteiger charge is -2.07. The molecule has 1 amide bonds. The predicted molar refractivity (Wildman–Crippen MR) is 82.5 cm³/mol. The zero-order valence-corrected chi connectivity index (χ0v) is 12.6. The van der Waals surface area contributed by atoms with E-state index in [4.69, 9.17) is 0 Å². The minimum Gasteiger partial charge on any atom is -0.326 e. The Morgan fingerprint density at radius 1 is 1.00 bits per heavy atom. The number of carbonyl (C=O) groups is 1. The summed E-state index contributed by atoms with van der Waals surface area (Å²) in [7, 11) is 0. The smallest absolute Gasteiger partial charge is 0.224 e. The molecule has 106 valence electrons. The third-order valence-corrected chi connectivity index (χ3v) is 3.55. The summed E-state index contributed by atoms with van der Waals surface area (Å²) in [5.74, 6) is 0.138. The van der Waals surface area contributed by atoms with Crippen LogP contribution in [0.3, 0.4) is 0 Å². The molecule has 0 spiro atoms. The largest absolute Gasteiger partial charge is 0.326 e. The van der Waals surface area contributed by atoms with E-state index in [1.165, 1.54) is 43.2 Å². The van der Waals surface area contributed by atoms with Crippen molar-refractivity contribution in [2.75, 3.05) is 5.32 Å². The van der Waals surface area contributed by atoms with Gasteiger partial charge in [0.25, 0.3) is 0 Å². The van der Waals surface area contributed by atoms with Gasteiger partial charge in [0.1, 0.15) is 0 Å². The second-order valence-corrected chi connectivity index (χ2v) is 5.36. The third kappa shape index (κ3) is 6.42. The molecule has 2 heteroatoms. The Bertz CT molecular complexity index is 398. The average Bonchev–Trinajstić information content (AvgIpc) is 2.38. The van der Waals surface area contributed by atoms with Crippen molar-refractivity contribution >= 4 is 11.6 Å². The van der Waals surface area contributed by atoms with E-state index in [1.54, 1.807) is 0 Å². The minimum atomic E-state index is 0.138. The molecule has 2 nitrogen and oxygen atoms in total. The Kier molecular flexibility index (Phi) is 7.24. The van der Waals surface area contributed by atoms with Crippen molar-refractivity contribution in [1.82, 2.24) is 0 Å². The van der Waals surface area contributed by atoms with Crippen molar-refractivity contribution < 1.29 is 4.79 Å². The number of benzene rings is 1. The van der Waals surface area contributed by atoms with Crippen molar-refractivity contribution in [3.8, 4) is 0 Å². The molecule has 0 aliphatic carbocycles. The fraction of sp³-hybridized carbons (Fsp3) is 0.588. The van der Waals surface area contributed by atoms with Gasteiger partial charge in [0.15, 0.2) is 0 Å². The van der Waals surface area contributed by atoms with Gasteiger partial charge in [0.05, 0.1) is 0 Å². The summed E-state index contributed by atoms with van der Waals surface area (Å²) in [6.07, 6.45) is 7.95. The topological polar surface area (TPSA) is 29.1 Å². The molecule has 0 aliphatic heterocycles. The van der Waals surface area contributed by atoms with Crippen LogP contribution in [0.4, 0.5) is 5.69 Å². The number of hydrogen-bond donors (Lipinski definition) is 1. The van der Waals surface area contributed by atoms with E-state index in [9.17, 15) is 4.79 Å². The van der Waals surface area contributed by atoms with E-state index in [2.05, 4.69) is 32.2 Å². The van der Waals surface area contributed by atoms with Gasteiger partial charge in [-0.25, -0.2) is 0 Å². The van der Waals surface area contributed by atoms with Gasteiger partial charge in [-0.2, -0.15) is 0 Å². The fourth-order valence-corrected chi connectivity index (χ4v) is 2.11. The van der Waals surface area contributed by atoms with Gasteiger partial charge in [0.2, 0.25) is 5.91 Å². The van der Waals surface area contributed by atoms with Crippen LogP contribution in [0.15, 0.2) is 18.2 Å². The van der Waals surface area contributed by atoms with Crippen molar-refractivity contribution in [1.29, 1.82) is 0 Å². The molecule has 1 N–H and O–H groups in total. The van der Waals surface area contributed by atoms with Crippen LogP contribution in [0.5, 0.6) is 0 Å². The average molecular weight is 261 g/mol. The molecule has 0 aliphatic rings. The van der Waals surface area contributed by atoms with Crippen LogP contribution in [0.1, 0.15) is 63.0 Å². The van der Waals surface area contributed by atoms with Crippen LogP contribution in [0, 0.1) is 13.8 Å². The van der Waals surface area contributed by atoms with E-state index < -0.39 is 0 Å². The highest BCUT2D eigenvalue weighted by Gasteiger charge is 2.03. The van der Waals surface area contributed by atoms with Gasteiger partial charge in [0, 0.05) is 12.1 Å². The lowest BCUT2D eigenvalue weighted by Crippen LogP contribution is -2.11. The molecule has 0 atom stereocenters. The molecule has 0 unspecified atom stereocenters. The van der Waals surface area contributed by atoms with Crippen LogP contribution >= 0.6 is 0 Å². The highest BCUT2D eigenvalue weighted by Crippen LogP contribution is 2.15. The van der Waals surface area contributed by atoms with Crippen LogP contribution < -0.4 is 5.32 Å². The van der Waals surface area contributed by atoms with Gasteiger partial charge in [-0.1, -0.05) is 45.1 Å². The highest BCUT2D eigenvalue weighted by atomic mass is 16.1. The maximum Gasteiger partial charge on any atom is 0.224 e. The van der Waals surface area contributed by atoms with Crippen molar-refractivity contribution in [2.24, 2.45) is 0 Å². The zero-order valence-electron chi connectivity index (χ0n) is 12.6. The number of carbonyl (C=O) groups excluding carboxylic acids is 1. The first-order chi connectivity index (χ1) is 9.13. The number of nitrogens with one attached hydrogen (secondary N) is 1.